The van der Waals surface area contributed by atoms with E-state index in [-0.39, 0.29) is 0 Å². The van der Waals surface area contributed by atoms with Gasteiger partial charge in [-0.2, -0.15) is 4.74 Å². The van der Waals surface area contributed by atoms with Crippen molar-refractivity contribution < 1.29 is 9.53 Å². The van der Waals surface area contributed by atoms with Crippen molar-refractivity contribution in [3.63, 3.8) is 0 Å². The van der Waals surface area contributed by atoms with Crippen LogP contribution in [0.3, 0.4) is 0 Å². The second-order valence-electron chi connectivity index (χ2n) is 6.25. The van der Waals surface area contributed by atoms with Crippen LogP contribution in [0.25, 0.3) is 0 Å². The summed E-state index contributed by atoms with van der Waals surface area (Å²) in [5.41, 5.74) is 1.34. The zero-order valence-electron chi connectivity index (χ0n) is 14.3. The highest BCUT2D eigenvalue weighted by molar-refractivity contribution is 14.2. The van der Waals surface area contributed by atoms with Crippen molar-refractivity contribution >= 4 is 38.5 Å². The molecule has 2 aliphatic rings. The summed E-state index contributed by atoms with van der Waals surface area (Å²) >= 11 is -0.616. The van der Waals surface area contributed by atoms with Crippen LogP contribution in [0.1, 0.15) is 0 Å². The number of likely N-dealkylation sites (N-methyl/N-ethyl adjacent to an activating group) is 1. The predicted octanol–water partition coefficient (Wildman–Crippen LogP) is 2.32. The van der Waals surface area contributed by atoms with E-state index in [4.69, 9.17) is 4.74 Å². The number of nitrogens with one attached hydrogen (secondary N) is 1. The Morgan fingerprint density at radius 2 is 1.92 bits per heavy atom. The number of carbonyl (C=O) groups is 1. The highest BCUT2D eigenvalue weighted by atomic mass is 127. The molecule has 0 spiro atoms. The fourth-order valence-corrected chi connectivity index (χ4v) is 5.12. The molecule has 0 aliphatic carbocycles. The van der Waals surface area contributed by atoms with Crippen LogP contribution in [-0.4, -0.2) is 49.1 Å². The van der Waals surface area contributed by atoms with Gasteiger partial charge in [-0.15, -0.1) is 0 Å². The first-order chi connectivity index (χ1) is 12.6. The normalized spacial score (nSPS) is 17.0. The van der Waals surface area contributed by atoms with Gasteiger partial charge in [-0.3, -0.25) is 0 Å². The Kier molecular flexibility index (Phi) is 4.77. The van der Waals surface area contributed by atoms with Gasteiger partial charge in [0.2, 0.25) is 11.4 Å². The smallest absolute Gasteiger partial charge is 0.415 e. The summed E-state index contributed by atoms with van der Waals surface area (Å²) in [6.45, 7) is 2.89. The molecule has 0 atom stereocenters. The minimum absolute atomic E-state index is 0.319. The van der Waals surface area contributed by atoms with E-state index in [0.29, 0.717) is 29.9 Å². The quantitative estimate of drug-likeness (QED) is 0.303. The highest BCUT2D eigenvalue weighted by Gasteiger charge is 2.23. The molecule has 0 radical (unpaired) electrons. The molecule has 0 aromatic heterocycles. The van der Waals surface area contributed by atoms with Gasteiger partial charge in [0.25, 0.3) is 5.36 Å². The van der Waals surface area contributed by atoms with E-state index in [9.17, 15) is 10.0 Å². The van der Waals surface area contributed by atoms with Gasteiger partial charge < -0.3 is 23.3 Å². The van der Waals surface area contributed by atoms with Gasteiger partial charge in [0.15, 0.2) is 0 Å². The summed E-state index contributed by atoms with van der Waals surface area (Å²) in [5.74, 6) is 0.319. The number of para-hydroxylation sites is 3. The first-order valence-electron chi connectivity index (χ1n) is 8.38. The van der Waals surface area contributed by atoms with Crippen molar-refractivity contribution in [2.45, 2.75) is 0 Å². The maximum atomic E-state index is 13.0. The number of anilines is 1. The summed E-state index contributed by atoms with van der Waals surface area (Å²) in [5, 5.41) is 13.5. The van der Waals surface area contributed by atoms with Gasteiger partial charge in [0, 0.05) is 53.2 Å². The van der Waals surface area contributed by atoms with Crippen molar-refractivity contribution in [3.8, 4) is 5.75 Å². The van der Waals surface area contributed by atoms with Crippen molar-refractivity contribution in [3.05, 3.63) is 56.2 Å². The second-order valence-corrected chi connectivity index (χ2v) is 8.49. The lowest BCUT2D eigenvalue weighted by Crippen LogP contribution is -2.48. The number of ether oxygens (including phenoxy) is 1. The highest BCUT2D eigenvalue weighted by Crippen LogP contribution is 2.27. The van der Waals surface area contributed by atoms with E-state index in [1.54, 1.807) is 17.0 Å². The molecular weight excluding hydrogens is 447 g/mol. The molecule has 0 unspecified atom stereocenters. The lowest BCUT2D eigenvalue weighted by molar-refractivity contribution is 0.120. The molecule has 0 saturated carbocycles. The molecule has 1 saturated heterocycles. The molecule has 7 nitrogen and oxygen atoms in total. The number of fused-ring (bicyclic) bond motifs is 2. The van der Waals surface area contributed by atoms with E-state index in [0.717, 1.165) is 26.7 Å². The number of rotatable bonds is 1. The first-order valence-corrected chi connectivity index (χ1v) is 10.5. The molecule has 2 aromatic carbocycles. The van der Waals surface area contributed by atoms with Crippen LogP contribution >= 0.6 is 21.0 Å². The van der Waals surface area contributed by atoms with Gasteiger partial charge in [0.1, 0.15) is 8.84 Å². The molecule has 2 heterocycles. The maximum Gasteiger partial charge on any atom is 0.415 e. The summed E-state index contributed by atoms with van der Waals surface area (Å²) in [7, 11) is 2.03. The van der Waals surface area contributed by atoms with Gasteiger partial charge in [-0.05, 0) is 25.2 Å². The van der Waals surface area contributed by atoms with Crippen LogP contribution in [0.4, 0.5) is 16.2 Å². The molecule has 0 bridgehead atoms. The lowest BCUT2D eigenvalue weighted by Gasteiger charge is -2.31. The van der Waals surface area contributed by atoms with E-state index >= 15 is 0 Å². The number of benzene rings is 2. The number of hydrogen-bond donors (Lipinski definition) is 1. The topological polar surface area (TPSA) is 70.9 Å². The standard InChI is InChI=1S/C18H19IN4O3/c1-21-9-11-22(12-10-21)18(24)26-16-8-4-5-13-17(16)23(25)15-7-3-2-6-14(15)20-19-13/h2-8,20H,9-12H2,1H3. The average molecular weight is 466 g/mol. The number of nitrogens with zero attached hydrogens (tertiary/aromatic N) is 3. The number of hydrogen-bond acceptors (Lipinski definition) is 5. The van der Waals surface area contributed by atoms with Crippen molar-refractivity contribution in [2.24, 2.45) is 0 Å². The SMILES string of the molecule is CN1CCN(C(=O)Oc2cccc3c2=[N+]([O-])c2ccccc2NI=3)CC1. The van der Waals surface area contributed by atoms with Crippen molar-refractivity contribution in [1.82, 2.24) is 14.5 Å². The molecule has 8 heteroatoms. The third kappa shape index (κ3) is 3.26. The van der Waals surface area contributed by atoms with E-state index in [1.165, 1.54) is 0 Å². The minimum Gasteiger partial charge on any atom is -0.618 e. The number of halogens is 1. The van der Waals surface area contributed by atoms with Gasteiger partial charge >= 0.3 is 6.09 Å². The van der Waals surface area contributed by atoms with E-state index in [2.05, 4.69) is 8.43 Å². The summed E-state index contributed by atoms with van der Waals surface area (Å²) < 4.78 is 10.8. The third-order valence-electron chi connectivity index (χ3n) is 4.49. The van der Waals surface area contributed by atoms with Gasteiger partial charge in [-0.25, -0.2) is 4.79 Å². The Labute approximate surface area is 161 Å². The first kappa shape index (κ1) is 17.2. The van der Waals surface area contributed by atoms with E-state index in [1.807, 2.05) is 37.4 Å². The molecule has 136 valence electrons. The minimum atomic E-state index is -0.616. The molecule has 2 aliphatic heterocycles. The summed E-state index contributed by atoms with van der Waals surface area (Å²) in [6, 6.07) is 12.8. The summed E-state index contributed by atoms with van der Waals surface area (Å²) in [6.07, 6.45) is -0.399. The Bertz CT molecular complexity index is 971. The largest absolute Gasteiger partial charge is 0.618 e. The summed E-state index contributed by atoms with van der Waals surface area (Å²) in [4.78, 5) is 16.4. The van der Waals surface area contributed by atoms with Crippen LogP contribution in [-0.2, 0) is 0 Å². The van der Waals surface area contributed by atoms with Crippen LogP contribution in [0.5, 0.6) is 5.75 Å². The van der Waals surface area contributed by atoms with E-state index < -0.39 is 27.1 Å². The van der Waals surface area contributed by atoms with Gasteiger partial charge in [0.05, 0.1) is 0 Å². The lowest BCUT2D eigenvalue weighted by atomic mass is 10.2. The molecule has 2 aromatic rings. The Balaban J connectivity index is 1.73. The zero-order chi connectivity index (χ0) is 18.1. The van der Waals surface area contributed by atoms with Crippen LogP contribution in [0.2, 0.25) is 0 Å². The second kappa shape index (κ2) is 7.20. The predicted molar refractivity (Wildman–Crippen MR) is 108 cm³/mol. The fraction of sp³-hybridized carbons (Fsp3) is 0.278. The molecular formula is C18H19IN4O3. The van der Waals surface area contributed by atoms with Crippen LogP contribution in [0, 0.1) is 8.36 Å². The third-order valence-corrected chi connectivity index (χ3v) is 6.79. The molecule has 1 amide bonds. The molecule has 1 fully saturated rings. The Morgan fingerprint density at radius 3 is 2.73 bits per heavy atom. The Morgan fingerprint density at radius 1 is 1.15 bits per heavy atom. The number of amides is 1. The van der Waals surface area contributed by atoms with Crippen molar-refractivity contribution in [2.75, 3.05) is 36.8 Å². The van der Waals surface area contributed by atoms with Crippen LogP contribution < -0.4 is 18.4 Å². The average Bonchev–Trinajstić information content (AvgIpc) is 2.80. The molecule has 1 N–H and O–H groups in total. The number of piperazine rings is 1. The van der Waals surface area contributed by atoms with Gasteiger partial charge in [-0.1, -0.05) is 18.2 Å². The van der Waals surface area contributed by atoms with Crippen molar-refractivity contribution in [1.29, 1.82) is 0 Å². The molecule has 4 rings (SSSR count). The zero-order valence-corrected chi connectivity index (χ0v) is 16.5. The molecule has 26 heavy (non-hydrogen) atoms. The maximum absolute atomic E-state index is 13.0. The number of carbonyl (C=O) groups excluding carboxylic acids is 1. The fourth-order valence-electron chi connectivity index (χ4n) is 2.95. The monoisotopic (exact) mass is 466 g/mol. The Hall–Kier alpha value is -2.20. The van der Waals surface area contributed by atoms with Crippen LogP contribution in [0.15, 0.2) is 42.5 Å².